The Labute approximate surface area is 121 Å². The van der Waals surface area contributed by atoms with Gasteiger partial charge in [0.05, 0.1) is 5.92 Å². The Morgan fingerprint density at radius 2 is 2.05 bits per heavy atom. The maximum atomic E-state index is 13.6. The molecule has 0 bridgehead atoms. The van der Waals surface area contributed by atoms with Gasteiger partial charge < -0.3 is 4.52 Å². The van der Waals surface area contributed by atoms with E-state index >= 15 is 0 Å². The lowest BCUT2D eigenvalue weighted by atomic mass is 9.92. The van der Waals surface area contributed by atoms with Gasteiger partial charge in [0.15, 0.2) is 5.82 Å². The molecular formula is C15H16F2N2O2. The summed E-state index contributed by atoms with van der Waals surface area (Å²) in [5, 5.41) is 3.76. The third kappa shape index (κ3) is 3.51. The highest BCUT2D eigenvalue weighted by Gasteiger charge is 2.27. The van der Waals surface area contributed by atoms with Crippen molar-refractivity contribution in [3.8, 4) is 0 Å². The van der Waals surface area contributed by atoms with Gasteiger partial charge in [0.2, 0.25) is 5.89 Å². The standard InChI is InChI=1S/C15H16F2N2O2/c1-8(2)14(9(3)20)15-18-13(19-21-15)6-10-4-5-11(16)7-12(10)17/h4-5,7-8,14H,6H2,1-3H3. The van der Waals surface area contributed by atoms with Crippen molar-refractivity contribution in [1.82, 2.24) is 10.1 Å². The number of aromatic nitrogens is 2. The van der Waals surface area contributed by atoms with Crippen LogP contribution < -0.4 is 0 Å². The summed E-state index contributed by atoms with van der Waals surface area (Å²) in [4.78, 5) is 15.8. The number of carbonyl (C=O) groups is 1. The summed E-state index contributed by atoms with van der Waals surface area (Å²) in [6.45, 7) is 5.24. The van der Waals surface area contributed by atoms with Crippen LogP contribution in [0.4, 0.5) is 8.78 Å². The highest BCUT2D eigenvalue weighted by atomic mass is 19.1. The molecule has 0 saturated carbocycles. The summed E-state index contributed by atoms with van der Waals surface area (Å²) in [5.41, 5.74) is 0.271. The molecule has 0 amide bonds. The van der Waals surface area contributed by atoms with Gasteiger partial charge in [0.1, 0.15) is 17.4 Å². The van der Waals surface area contributed by atoms with Gasteiger partial charge in [-0.05, 0) is 24.5 Å². The van der Waals surface area contributed by atoms with Crippen LogP contribution in [0.3, 0.4) is 0 Å². The maximum absolute atomic E-state index is 13.6. The fourth-order valence-electron chi connectivity index (χ4n) is 2.23. The molecule has 0 radical (unpaired) electrons. The van der Waals surface area contributed by atoms with Crippen LogP contribution in [0.2, 0.25) is 0 Å². The monoisotopic (exact) mass is 294 g/mol. The molecule has 0 aliphatic heterocycles. The van der Waals surface area contributed by atoms with E-state index in [9.17, 15) is 13.6 Å². The Hall–Kier alpha value is -2.11. The number of benzene rings is 1. The predicted molar refractivity (Wildman–Crippen MR) is 71.7 cm³/mol. The lowest BCUT2D eigenvalue weighted by molar-refractivity contribution is -0.119. The first-order valence-corrected chi connectivity index (χ1v) is 6.65. The van der Waals surface area contributed by atoms with Gasteiger partial charge in [0, 0.05) is 12.5 Å². The maximum Gasteiger partial charge on any atom is 0.237 e. The highest BCUT2D eigenvalue weighted by molar-refractivity contribution is 5.82. The van der Waals surface area contributed by atoms with Crippen LogP contribution in [0.15, 0.2) is 22.7 Å². The number of hydrogen-bond donors (Lipinski definition) is 0. The molecular weight excluding hydrogens is 278 g/mol. The van der Waals surface area contributed by atoms with E-state index in [1.165, 1.54) is 19.1 Å². The summed E-state index contributed by atoms with van der Waals surface area (Å²) >= 11 is 0. The minimum atomic E-state index is -0.659. The molecule has 0 spiro atoms. The van der Waals surface area contributed by atoms with Crippen LogP contribution in [0.25, 0.3) is 0 Å². The molecule has 1 aromatic carbocycles. The molecule has 0 saturated heterocycles. The van der Waals surface area contributed by atoms with Gasteiger partial charge in [-0.15, -0.1) is 0 Å². The van der Waals surface area contributed by atoms with E-state index in [1.54, 1.807) is 0 Å². The zero-order valence-corrected chi connectivity index (χ0v) is 12.1. The molecule has 6 heteroatoms. The Bertz CT molecular complexity index is 653. The van der Waals surface area contributed by atoms with Crippen molar-refractivity contribution in [2.75, 3.05) is 0 Å². The minimum absolute atomic E-state index is 0.0263. The number of carbonyl (C=O) groups excluding carboxylic acids is 1. The molecule has 1 heterocycles. The van der Waals surface area contributed by atoms with Gasteiger partial charge in [-0.3, -0.25) is 4.79 Å². The van der Waals surface area contributed by atoms with Crippen molar-refractivity contribution in [3.63, 3.8) is 0 Å². The Balaban J connectivity index is 2.22. The van der Waals surface area contributed by atoms with E-state index in [0.29, 0.717) is 0 Å². The number of rotatable bonds is 5. The van der Waals surface area contributed by atoms with Crippen LogP contribution in [0.1, 0.15) is 44.0 Å². The molecule has 1 aromatic heterocycles. The van der Waals surface area contributed by atoms with Gasteiger partial charge >= 0.3 is 0 Å². The van der Waals surface area contributed by atoms with Gasteiger partial charge in [-0.1, -0.05) is 25.1 Å². The van der Waals surface area contributed by atoms with Crippen LogP contribution in [0.5, 0.6) is 0 Å². The lowest BCUT2D eigenvalue weighted by Gasteiger charge is -2.12. The van der Waals surface area contributed by atoms with E-state index in [1.807, 2.05) is 13.8 Å². The van der Waals surface area contributed by atoms with Gasteiger partial charge in [0.25, 0.3) is 0 Å². The Kier molecular flexibility index (Phi) is 4.45. The summed E-state index contributed by atoms with van der Waals surface area (Å²) in [5.74, 6) is -1.30. The molecule has 112 valence electrons. The first kappa shape index (κ1) is 15.3. The van der Waals surface area contributed by atoms with E-state index in [-0.39, 0.29) is 35.4 Å². The second-order valence-corrected chi connectivity index (χ2v) is 5.29. The van der Waals surface area contributed by atoms with Crippen molar-refractivity contribution in [2.45, 2.75) is 33.1 Å². The molecule has 1 atom stereocenters. The fraction of sp³-hybridized carbons (Fsp3) is 0.400. The second-order valence-electron chi connectivity index (χ2n) is 5.29. The third-order valence-corrected chi connectivity index (χ3v) is 3.22. The molecule has 2 aromatic rings. The molecule has 0 fully saturated rings. The molecule has 4 nitrogen and oxygen atoms in total. The zero-order chi connectivity index (χ0) is 15.6. The zero-order valence-electron chi connectivity index (χ0n) is 12.1. The molecule has 2 rings (SSSR count). The first-order chi connectivity index (χ1) is 9.88. The average Bonchev–Trinajstić information content (AvgIpc) is 2.80. The largest absolute Gasteiger partial charge is 0.339 e. The third-order valence-electron chi connectivity index (χ3n) is 3.22. The van der Waals surface area contributed by atoms with Crippen molar-refractivity contribution in [1.29, 1.82) is 0 Å². The summed E-state index contributed by atoms with van der Waals surface area (Å²) in [6.07, 6.45) is 0.0817. The molecule has 0 aliphatic carbocycles. The minimum Gasteiger partial charge on any atom is -0.339 e. The van der Waals surface area contributed by atoms with Crippen LogP contribution >= 0.6 is 0 Å². The van der Waals surface area contributed by atoms with Crippen molar-refractivity contribution in [2.24, 2.45) is 5.92 Å². The molecule has 21 heavy (non-hydrogen) atoms. The fourth-order valence-corrected chi connectivity index (χ4v) is 2.23. The molecule has 0 aliphatic rings. The van der Waals surface area contributed by atoms with Crippen molar-refractivity contribution < 1.29 is 18.1 Å². The van der Waals surface area contributed by atoms with E-state index in [2.05, 4.69) is 10.1 Å². The number of nitrogens with zero attached hydrogens (tertiary/aromatic N) is 2. The SMILES string of the molecule is CC(=O)C(c1nc(Cc2ccc(F)cc2F)no1)C(C)C. The second kappa shape index (κ2) is 6.11. The van der Waals surface area contributed by atoms with Crippen molar-refractivity contribution >= 4 is 5.78 Å². The molecule has 1 unspecified atom stereocenters. The smallest absolute Gasteiger partial charge is 0.237 e. The number of ketones is 1. The topological polar surface area (TPSA) is 56.0 Å². The average molecular weight is 294 g/mol. The highest BCUT2D eigenvalue weighted by Crippen LogP contribution is 2.24. The predicted octanol–water partition coefficient (Wildman–Crippen LogP) is 3.27. The number of hydrogen-bond acceptors (Lipinski definition) is 4. The lowest BCUT2D eigenvalue weighted by Crippen LogP contribution is -2.15. The van der Waals surface area contributed by atoms with Crippen LogP contribution in [-0.4, -0.2) is 15.9 Å². The van der Waals surface area contributed by atoms with E-state index < -0.39 is 17.6 Å². The Morgan fingerprint density at radius 3 is 2.62 bits per heavy atom. The van der Waals surface area contributed by atoms with Crippen molar-refractivity contribution in [3.05, 3.63) is 47.1 Å². The van der Waals surface area contributed by atoms with Gasteiger partial charge in [-0.25, -0.2) is 8.78 Å². The normalized spacial score (nSPS) is 12.7. The van der Waals surface area contributed by atoms with Gasteiger partial charge in [-0.2, -0.15) is 4.98 Å². The van der Waals surface area contributed by atoms with E-state index in [4.69, 9.17) is 4.52 Å². The van der Waals surface area contributed by atoms with Crippen LogP contribution in [0, 0.1) is 17.6 Å². The summed E-state index contributed by atoms with van der Waals surface area (Å²) in [7, 11) is 0. The first-order valence-electron chi connectivity index (χ1n) is 6.65. The number of Topliss-reactive ketones (excluding diaryl/α,β-unsaturated/α-hetero) is 1. The summed E-state index contributed by atoms with van der Waals surface area (Å²) < 4.78 is 31.5. The quantitative estimate of drug-likeness (QED) is 0.849. The van der Waals surface area contributed by atoms with E-state index in [0.717, 1.165) is 6.07 Å². The Morgan fingerprint density at radius 1 is 1.33 bits per heavy atom. The molecule has 0 N–H and O–H groups in total. The summed E-state index contributed by atoms with van der Waals surface area (Å²) in [6, 6.07) is 3.32. The number of halogens is 2. The van der Waals surface area contributed by atoms with Crippen LogP contribution in [-0.2, 0) is 11.2 Å².